The average Bonchev–Trinajstić information content (AvgIpc) is 2.49. The number of hydrogen-bond acceptors (Lipinski definition) is 2. The maximum Gasteiger partial charge on any atom is 0.315 e. The molecule has 1 aliphatic heterocycles. The molecule has 1 saturated heterocycles. The Morgan fingerprint density at radius 3 is 2.29 bits per heavy atom. The lowest BCUT2D eigenvalue weighted by Crippen LogP contribution is -2.58. The Morgan fingerprint density at radius 1 is 0.857 bits per heavy atom. The number of piperidine rings is 1. The van der Waals surface area contributed by atoms with Gasteiger partial charge in [-0.1, -0.05) is 38.5 Å². The zero-order chi connectivity index (χ0) is 14.5. The summed E-state index contributed by atoms with van der Waals surface area (Å²) in [6, 6.07) is 0.830. The predicted molar refractivity (Wildman–Crippen MR) is 85.4 cm³/mol. The van der Waals surface area contributed by atoms with Gasteiger partial charge in [0.1, 0.15) is 0 Å². The Bertz CT molecular complexity index is 340. The van der Waals surface area contributed by atoms with Gasteiger partial charge in [0.15, 0.2) is 0 Å². The van der Waals surface area contributed by atoms with Crippen molar-refractivity contribution in [1.29, 1.82) is 0 Å². The molecule has 21 heavy (non-hydrogen) atoms. The van der Waals surface area contributed by atoms with Crippen LogP contribution in [0.4, 0.5) is 4.79 Å². The fraction of sp³-hybridized carbons (Fsp3) is 0.941. The first kappa shape index (κ1) is 15.1. The summed E-state index contributed by atoms with van der Waals surface area (Å²) in [5.41, 5.74) is 0.319. The molecule has 2 saturated carbocycles. The molecule has 4 heteroatoms. The van der Waals surface area contributed by atoms with Gasteiger partial charge in [0.05, 0.1) is 0 Å². The summed E-state index contributed by atoms with van der Waals surface area (Å²) in [5.74, 6) is 0. The van der Waals surface area contributed by atoms with Crippen LogP contribution in [0.1, 0.15) is 77.0 Å². The van der Waals surface area contributed by atoms with Crippen molar-refractivity contribution in [2.24, 2.45) is 0 Å². The normalized spacial score (nSPS) is 30.0. The largest absolute Gasteiger partial charge is 0.335 e. The van der Waals surface area contributed by atoms with E-state index in [4.69, 9.17) is 0 Å². The van der Waals surface area contributed by atoms with E-state index in [1.54, 1.807) is 0 Å². The maximum absolute atomic E-state index is 12.2. The van der Waals surface area contributed by atoms with E-state index in [1.807, 2.05) is 0 Å². The number of rotatable bonds is 2. The first-order valence-electron chi connectivity index (χ1n) is 9.08. The summed E-state index contributed by atoms with van der Waals surface area (Å²) in [5, 5.41) is 10.2. The number of carbonyl (C=O) groups is 1. The molecule has 3 aliphatic rings. The Labute approximate surface area is 128 Å². The molecule has 1 spiro atoms. The fourth-order valence-electron chi connectivity index (χ4n) is 4.55. The second-order valence-electron chi connectivity index (χ2n) is 7.41. The van der Waals surface area contributed by atoms with Crippen LogP contribution >= 0.6 is 0 Å². The maximum atomic E-state index is 12.2. The third-order valence-corrected chi connectivity index (χ3v) is 5.72. The number of nitrogens with one attached hydrogen (secondary N) is 3. The van der Waals surface area contributed by atoms with E-state index in [0.717, 1.165) is 32.2 Å². The lowest BCUT2D eigenvalue weighted by Gasteiger charge is -2.44. The molecule has 0 aromatic rings. The molecule has 3 N–H and O–H groups in total. The quantitative estimate of drug-likeness (QED) is 0.733. The lowest BCUT2D eigenvalue weighted by atomic mass is 9.75. The molecule has 2 amide bonds. The van der Waals surface area contributed by atoms with Crippen LogP contribution in [0, 0.1) is 0 Å². The van der Waals surface area contributed by atoms with Crippen molar-refractivity contribution < 1.29 is 4.79 Å². The second-order valence-corrected chi connectivity index (χ2v) is 7.41. The molecule has 0 aromatic carbocycles. The predicted octanol–water partition coefficient (Wildman–Crippen LogP) is 3.07. The summed E-state index contributed by atoms with van der Waals surface area (Å²) in [7, 11) is 0. The van der Waals surface area contributed by atoms with E-state index in [9.17, 15) is 4.79 Å². The fourth-order valence-corrected chi connectivity index (χ4v) is 4.55. The molecule has 120 valence electrons. The summed E-state index contributed by atoms with van der Waals surface area (Å²) in [6.07, 6.45) is 15.0. The van der Waals surface area contributed by atoms with Gasteiger partial charge in [-0.05, 0) is 45.1 Å². The van der Waals surface area contributed by atoms with E-state index < -0.39 is 0 Å². The summed E-state index contributed by atoms with van der Waals surface area (Å²) in [6.45, 7) is 1.05. The monoisotopic (exact) mass is 293 g/mol. The highest BCUT2D eigenvalue weighted by Gasteiger charge is 2.37. The van der Waals surface area contributed by atoms with Gasteiger partial charge in [-0.2, -0.15) is 0 Å². The summed E-state index contributed by atoms with van der Waals surface area (Å²) < 4.78 is 0. The Hall–Kier alpha value is -0.770. The van der Waals surface area contributed by atoms with Crippen molar-refractivity contribution in [2.75, 3.05) is 6.54 Å². The van der Waals surface area contributed by atoms with Crippen LogP contribution in [0.3, 0.4) is 0 Å². The van der Waals surface area contributed by atoms with E-state index in [1.165, 1.54) is 51.4 Å². The molecule has 2 aliphatic carbocycles. The minimum absolute atomic E-state index is 0.0692. The topological polar surface area (TPSA) is 53.2 Å². The molecule has 3 rings (SSSR count). The van der Waals surface area contributed by atoms with Crippen LogP contribution in [0.5, 0.6) is 0 Å². The highest BCUT2D eigenvalue weighted by molar-refractivity contribution is 5.74. The van der Waals surface area contributed by atoms with Crippen molar-refractivity contribution in [2.45, 2.75) is 94.7 Å². The van der Waals surface area contributed by atoms with Gasteiger partial charge in [-0.3, -0.25) is 0 Å². The standard InChI is InChI=1S/C17H31N3O/c21-16(19-14-7-3-1-4-8-14)20-15-9-12-18-17(13-15)10-5-2-6-11-17/h14-15,18H,1-13H2,(H2,19,20,21). The minimum atomic E-state index is 0.0692. The van der Waals surface area contributed by atoms with Crippen LogP contribution in [-0.4, -0.2) is 30.2 Å². The minimum Gasteiger partial charge on any atom is -0.335 e. The number of hydrogen-bond donors (Lipinski definition) is 3. The SMILES string of the molecule is O=C(NC1CCCCC1)NC1CCNC2(CCCCC2)C1. The van der Waals surface area contributed by atoms with Crippen molar-refractivity contribution in [1.82, 2.24) is 16.0 Å². The molecule has 0 radical (unpaired) electrons. The molecule has 0 bridgehead atoms. The van der Waals surface area contributed by atoms with Crippen molar-refractivity contribution in [3.8, 4) is 0 Å². The molecule has 4 nitrogen and oxygen atoms in total. The molecule has 0 aromatic heterocycles. The van der Waals surface area contributed by atoms with Crippen molar-refractivity contribution in [3.63, 3.8) is 0 Å². The zero-order valence-corrected chi connectivity index (χ0v) is 13.3. The first-order chi connectivity index (χ1) is 10.3. The van der Waals surface area contributed by atoms with Gasteiger partial charge in [0.25, 0.3) is 0 Å². The molecular weight excluding hydrogens is 262 g/mol. The van der Waals surface area contributed by atoms with Crippen LogP contribution in [0.2, 0.25) is 0 Å². The number of urea groups is 1. The number of carbonyl (C=O) groups excluding carboxylic acids is 1. The van der Waals surface area contributed by atoms with E-state index in [2.05, 4.69) is 16.0 Å². The number of amides is 2. The first-order valence-corrected chi connectivity index (χ1v) is 9.08. The third kappa shape index (κ3) is 4.12. The highest BCUT2D eigenvalue weighted by atomic mass is 16.2. The van der Waals surface area contributed by atoms with E-state index >= 15 is 0 Å². The van der Waals surface area contributed by atoms with Crippen molar-refractivity contribution in [3.05, 3.63) is 0 Å². The van der Waals surface area contributed by atoms with Gasteiger partial charge in [-0.15, -0.1) is 0 Å². The molecule has 1 unspecified atom stereocenters. The highest BCUT2D eigenvalue weighted by Crippen LogP contribution is 2.34. The second kappa shape index (κ2) is 6.99. The van der Waals surface area contributed by atoms with Crippen LogP contribution in [-0.2, 0) is 0 Å². The van der Waals surface area contributed by atoms with Gasteiger partial charge < -0.3 is 16.0 Å². The van der Waals surface area contributed by atoms with Gasteiger partial charge in [-0.25, -0.2) is 4.79 Å². The van der Waals surface area contributed by atoms with E-state index in [0.29, 0.717) is 17.6 Å². The lowest BCUT2D eigenvalue weighted by molar-refractivity contribution is 0.156. The third-order valence-electron chi connectivity index (χ3n) is 5.72. The zero-order valence-electron chi connectivity index (χ0n) is 13.3. The summed E-state index contributed by atoms with van der Waals surface area (Å²) in [4.78, 5) is 12.2. The molecule has 1 atom stereocenters. The van der Waals surface area contributed by atoms with E-state index in [-0.39, 0.29) is 6.03 Å². The Morgan fingerprint density at radius 2 is 1.52 bits per heavy atom. The Balaban J connectivity index is 1.46. The Kier molecular flexibility index (Phi) is 5.04. The average molecular weight is 293 g/mol. The van der Waals surface area contributed by atoms with Gasteiger partial charge >= 0.3 is 6.03 Å². The van der Waals surface area contributed by atoms with Crippen LogP contribution in [0.25, 0.3) is 0 Å². The van der Waals surface area contributed by atoms with Gasteiger partial charge in [0.2, 0.25) is 0 Å². The van der Waals surface area contributed by atoms with Crippen LogP contribution in [0.15, 0.2) is 0 Å². The van der Waals surface area contributed by atoms with Crippen LogP contribution < -0.4 is 16.0 Å². The molecule has 1 heterocycles. The summed E-state index contributed by atoms with van der Waals surface area (Å²) >= 11 is 0. The van der Waals surface area contributed by atoms with Crippen molar-refractivity contribution >= 4 is 6.03 Å². The van der Waals surface area contributed by atoms with Gasteiger partial charge in [0, 0.05) is 17.6 Å². The smallest absolute Gasteiger partial charge is 0.315 e. The molecular formula is C17H31N3O. The molecule has 3 fully saturated rings.